The Morgan fingerprint density at radius 2 is 2.14 bits per heavy atom. The van der Waals surface area contributed by atoms with Gasteiger partial charge in [-0.05, 0) is 25.8 Å². The van der Waals surface area contributed by atoms with E-state index in [9.17, 15) is 5.11 Å². The van der Waals surface area contributed by atoms with E-state index in [1.54, 1.807) is 6.08 Å². The van der Waals surface area contributed by atoms with Crippen LogP contribution in [0.5, 0.6) is 0 Å². The lowest BCUT2D eigenvalue weighted by molar-refractivity contribution is -0.171. The third kappa shape index (κ3) is 4.64. The van der Waals surface area contributed by atoms with E-state index in [0.29, 0.717) is 19.6 Å². The molecule has 0 unspecified atom stereocenters. The molecule has 0 aromatic heterocycles. The molecule has 0 spiro atoms. The van der Waals surface area contributed by atoms with E-state index in [0.717, 1.165) is 5.56 Å². The summed E-state index contributed by atoms with van der Waals surface area (Å²) < 4.78 is 17.3. The molecule has 4 nitrogen and oxygen atoms in total. The van der Waals surface area contributed by atoms with E-state index in [2.05, 4.69) is 6.58 Å². The van der Waals surface area contributed by atoms with Crippen molar-refractivity contribution in [2.75, 3.05) is 6.61 Å². The molecular formula is C17H24O4. The van der Waals surface area contributed by atoms with Crippen molar-refractivity contribution in [3.05, 3.63) is 48.6 Å². The number of hydrogen-bond donors (Lipinski definition) is 1. The Balaban J connectivity index is 2.00. The van der Waals surface area contributed by atoms with Gasteiger partial charge in [0.15, 0.2) is 5.79 Å². The molecule has 0 amide bonds. The highest BCUT2D eigenvalue weighted by Crippen LogP contribution is 2.27. The highest BCUT2D eigenvalue weighted by Gasteiger charge is 2.40. The maximum atomic E-state index is 10.3. The van der Waals surface area contributed by atoms with Gasteiger partial charge in [0.05, 0.1) is 19.3 Å². The van der Waals surface area contributed by atoms with Crippen molar-refractivity contribution in [1.82, 2.24) is 0 Å². The van der Waals surface area contributed by atoms with Crippen LogP contribution < -0.4 is 0 Å². The average Bonchev–Trinajstić information content (AvgIpc) is 2.81. The van der Waals surface area contributed by atoms with Crippen LogP contribution in [0.25, 0.3) is 0 Å². The summed E-state index contributed by atoms with van der Waals surface area (Å²) in [5.74, 6) is -0.632. The standard InChI is InChI=1S/C17H24O4/c1-4-8-14(18)16(15-12-20-17(2,3)21-15)19-11-13-9-6-5-7-10-13/h4-7,9-10,14-16,18H,1,8,11-12H2,2-3H3/t14-,15-,16+/m0/s1. The van der Waals surface area contributed by atoms with Crippen molar-refractivity contribution in [3.8, 4) is 0 Å². The van der Waals surface area contributed by atoms with Gasteiger partial charge in [-0.2, -0.15) is 0 Å². The first-order chi connectivity index (χ1) is 10.0. The van der Waals surface area contributed by atoms with Crippen LogP contribution in [-0.4, -0.2) is 35.8 Å². The first-order valence-electron chi connectivity index (χ1n) is 7.28. The number of aliphatic hydroxyl groups is 1. The second-order valence-corrected chi connectivity index (χ2v) is 5.72. The van der Waals surface area contributed by atoms with E-state index in [1.807, 2.05) is 44.2 Å². The van der Waals surface area contributed by atoms with Gasteiger partial charge in [0.2, 0.25) is 0 Å². The molecular weight excluding hydrogens is 268 g/mol. The smallest absolute Gasteiger partial charge is 0.163 e. The quantitative estimate of drug-likeness (QED) is 0.785. The summed E-state index contributed by atoms with van der Waals surface area (Å²) in [6.45, 7) is 8.24. The lowest BCUT2D eigenvalue weighted by Crippen LogP contribution is -2.41. The fourth-order valence-electron chi connectivity index (χ4n) is 2.42. The van der Waals surface area contributed by atoms with Crippen LogP contribution in [-0.2, 0) is 20.8 Å². The highest BCUT2D eigenvalue weighted by molar-refractivity contribution is 5.13. The van der Waals surface area contributed by atoms with E-state index < -0.39 is 18.0 Å². The SMILES string of the molecule is C=CC[C@H](O)[C@@H](OCc1ccccc1)[C@@H]1COC(C)(C)O1. The van der Waals surface area contributed by atoms with Crippen molar-refractivity contribution in [2.24, 2.45) is 0 Å². The first kappa shape index (κ1) is 16.2. The first-order valence-corrected chi connectivity index (χ1v) is 7.28. The number of ether oxygens (including phenoxy) is 3. The van der Waals surface area contributed by atoms with Crippen LogP contribution in [0.4, 0.5) is 0 Å². The zero-order valence-electron chi connectivity index (χ0n) is 12.7. The van der Waals surface area contributed by atoms with Crippen molar-refractivity contribution in [1.29, 1.82) is 0 Å². The molecule has 4 heteroatoms. The molecule has 1 aliphatic rings. The minimum atomic E-state index is -0.659. The highest BCUT2D eigenvalue weighted by atomic mass is 16.7. The summed E-state index contributed by atoms with van der Waals surface area (Å²) in [5.41, 5.74) is 1.06. The molecule has 0 saturated carbocycles. The molecule has 1 N–H and O–H groups in total. The zero-order chi connectivity index (χ0) is 15.3. The minimum Gasteiger partial charge on any atom is -0.390 e. The third-order valence-electron chi connectivity index (χ3n) is 3.47. The fraction of sp³-hybridized carbons (Fsp3) is 0.529. The summed E-state index contributed by atoms with van der Waals surface area (Å²) in [7, 11) is 0. The summed E-state index contributed by atoms with van der Waals surface area (Å²) in [6, 6.07) is 9.88. The van der Waals surface area contributed by atoms with Crippen LogP contribution >= 0.6 is 0 Å². The number of hydrogen-bond acceptors (Lipinski definition) is 4. The maximum absolute atomic E-state index is 10.3. The Morgan fingerprint density at radius 3 is 2.71 bits per heavy atom. The Labute approximate surface area is 126 Å². The maximum Gasteiger partial charge on any atom is 0.163 e. The molecule has 0 radical (unpaired) electrons. The lowest BCUT2D eigenvalue weighted by Gasteiger charge is -2.28. The van der Waals surface area contributed by atoms with E-state index in [-0.39, 0.29) is 6.10 Å². The second-order valence-electron chi connectivity index (χ2n) is 5.72. The normalized spacial score (nSPS) is 23.7. The summed E-state index contributed by atoms with van der Waals surface area (Å²) in [6.07, 6.45) is 0.766. The lowest BCUT2D eigenvalue weighted by atomic mass is 10.1. The van der Waals surface area contributed by atoms with Crippen LogP contribution in [0, 0.1) is 0 Å². The van der Waals surface area contributed by atoms with Crippen LogP contribution in [0.1, 0.15) is 25.8 Å². The van der Waals surface area contributed by atoms with Gasteiger partial charge in [-0.25, -0.2) is 0 Å². The van der Waals surface area contributed by atoms with E-state index in [1.165, 1.54) is 0 Å². The summed E-state index contributed by atoms with van der Waals surface area (Å²) >= 11 is 0. The number of benzene rings is 1. The number of rotatable bonds is 7. The molecule has 3 atom stereocenters. The molecule has 0 bridgehead atoms. The summed E-state index contributed by atoms with van der Waals surface area (Å²) in [4.78, 5) is 0. The van der Waals surface area contributed by atoms with Gasteiger partial charge in [0, 0.05) is 0 Å². The van der Waals surface area contributed by atoms with Crippen LogP contribution in [0.2, 0.25) is 0 Å². The van der Waals surface area contributed by atoms with Gasteiger partial charge in [-0.3, -0.25) is 0 Å². The van der Waals surface area contributed by atoms with Crippen LogP contribution in [0.3, 0.4) is 0 Å². The molecule has 1 aromatic carbocycles. The molecule has 2 rings (SSSR count). The number of aliphatic hydroxyl groups excluding tert-OH is 1. The molecule has 1 saturated heterocycles. The Bertz CT molecular complexity index is 443. The minimum absolute atomic E-state index is 0.279. The fourth-order valence-corrected chi connectivity index (χ4v) is 2.42. The molecule has 1 aromatic rings. The van der Waals surface area contributed by atoms with Crippen molar-refractivity contribution in [2.45, 2.75) is 51.0 Å². The van der Waals surface area contributed by atoms with Gasteiger partial charge in [0.25, 0.3) is 0 Å². The molecule has 0 aliphatic carbocycles. The van der Waals surface area contributed by atoms with Crippen molar-refractivity contribution < 1.29 is 19.3 Å². The zero-order valence-corrected chi connectivity index (χ0v) is 12.7. The largest absolute Gasteiger partial charge is 0.390 e. The van der Waals surface area contributed by atoms with Crippen molar-refractivity contribution >= 4 is 0 Å². The van der Waals surface area contributed by atoms with E-state index >= 15 is 0 Å². The predicted molar refractivity (Wildman–Crippen MR) is 80.7 cm³/mol. The van der Waals surface area contributed by atoms with Gasteiger partial charge in [0.1, 0.15) is 12.2 Å². The van der Waals surface area contributed by atoms with Crippen molar-refractivity contribution in [3.63, 3.8) is 0 Å². The molecule has 1 aliphatic heterocycles. The monoisotopic (exact) mass is 292 g/mol. The predicted octanol–water partition coefficient (Wildman–Crippen LogP) is 2.66. The van der Waals surface area contributed by atoms with Gasteiger partial charge < -0.3 is 19.3 Å². The Hall–Kier alpha value is -1.20. The van der Waals surface area contributed by atoms with Gasteiger partial charge in [-0.15, -0.1) is 6.58 Å². The van der Waals surface area contributed by atoms with Gasteiger partial charge >= 0.3 is 0 Å². The van der Waals surface area contributed by atoms with E-state index in [4.69, 9.17) is 14.2 Å². The second kappa shape index (κ2) is 7.18. The topological polar surface area (TPSA) is 47.9 Å². The van der Waals surface area contributed by atoms with Crippen LogP contribution in [0.15, 0.2) is 43.0 Å². The molecule has 1 fully saturated rings. The Kier molecular flexibility index (Phi) is 5.53. The third-order valence-corrected chi connectivity index (χ3v) is 3.47. The Morgan fingerprint density at radius 1 is 1.43 bits per heavy atom. The molecule has 21 heavy (non-hydrogen) atoms. The van der Waals surface area contributed by atoms with Gasteiger partial charge in [-0.1, -0.05) is 36.4 Å². The summed E-state index contributed by atoms with van der Waals surface area (Å²) in [5, 5.41) is 10.3. The average molecular weight is 292 g/mol. The molecule has 116 valence electrons. The molecule has 1 heterocycles.